The monoisotopic (exact) mass is 446 g/mol. The van der Waals surface area contributed by atoms with Gasteiger partial charge in [-0.3, -0.25) is 0 Å². The highest BCUT2D eigenvalue weighted by molar-refractivity contribution is 7.57. The number of aliphatic hydroxyl groups excluding tert-OH is 2. The van der Waals surface area contributed by atoms with E-state index in [0.717, 1.165) is 0 Å². The van der Waals surface area contributed by atoms with Crippen LogP contribution in [0.15, 0.2) is 0 Å². The van der Waals surface area contributed by atoms with E-state index in [1.54, 1.807) is 18.5 Å². The fourth-order valence-electron chi connectivity index (χ4n) is 3.68. The Morgan fingerprint density at radius 2 is 0.733 bits per heavy atom. The summed E-state index contributed by atoms with van der Waals surface area (Å²) in [5, 5.41) is 16.0. The van der Waals surface area contributed by atoms with E-state index in [0.29, 0.717) is 7.92 Å². The number of hydrogen-bond donors (Lipinski definition) is 2. The molecule has 0 aromatic heterocycles. The SMILES string of the molecule is CC(O)CO.CCCCCCCCP(CCCCCCCC)CCCCCCCC. The molecule has 0 aliphatic rings. The molecule has 0 rings (SSSR count). The van der Waals surface area contributed by atoms with Crippen LogP contribution >= 0.6 is 7.92 Å². The summed E-state index contributed by atoms with van der Waals surface area (Å²) in [6, 6.07) is 0. The summed E-state index contributed by atoms with van der Waals surface area (Å²) in [5.74, 6) is 0. The minimum atomic E-state index is -0.560. The van der Waals surface area contributed by atoms with Crippen molar-refractivity contribution in [3.8, 4) is 0 Å². The maximum atomic E-state index is 8.11. The molecule has 0 aliphatic carbocycles. The molecule has 2 nitrogen and oxygen atoms in total. The molecule has 0 fully saturated rings. The summed E-state index contributed by atoms with van der Waals surface area (Å²) in [6.45, 7) is 8.35. The molecule has 0 saturated heterocycles. The van der Waals surface area contributed by atoms with Gasteiger partial charge in [0.1, 0.15) is 0 Å². The molecule has 2 N–H and O–H groups in total. The third-order valence-corrected chi connectivity index (χ3v) is 8.59. The second-order valence-corrected chi connectivity index (χ2v) is 11.9. The predicted molar refractivity (Wildman–Crippen MR) is 140 cm³/mol. The van der Waals surface area contributed by atoms with Gasteiger partial charge in [-0.1, -0.05) is 117 Å². The van der Waals surface area contributed by atoms with Gasteiger partial charge >= 0.3 is 0 Å². The Morgan fingerprint density at radius 1 is 0.500 bits per heavy atom. The van der Waals surface area contributed by atoms with Crippen molar-refractivity contribution in [3.63, 3.8) is 0 Å². The van der Waals surface area contributed by atoms with Crippen molar-refractivity contribution < 1.29 is 10.2 Å². The molecule has 0 aliphatic heterocycles. The van der Waals surface area contributed by atoms with Gasteiger partial charge in [0.15, 0.2) is 0 Å². The first kappa shape index (κ1) is 32.5. The van der Waals surface area contributed by atoms with E-state index in [9.17, 15) is 0 Å². The van der Waals surface area contributed by atoms with Crippen LogP contribution in [-0.2, 0) is 0 Å². The Hall–Kier alpha value is 0.350. The summed E-state index contributed by atoms with van der Waals surface area (Å²) in [7, 11) is 0.366. The maximum absolute atomic E-state index is 8.11. The lowest BCUT2D eigenvalue weighted by Crippen LogP contribution is -2.03. The van der Waals surface area contributed by atoms with Gasteiger partial charge in [0.25, 0.3) is 0 Å². The van der Waals surface area contributed by atoms with E-state index in [4.69, 9.17) is 10.2 Å². The molecule has 30 heavy (non-hydrogen) atoms. The van der Waals surface area contributed by atoms with Crippen molar-refractivity contribution in [2.75, 3.05) is 25.1 Å². The largest absolute Gasteiger partial charge is 0.394 e. The molecular formula is C27H59O2P. The van der Waals surface area contributed by atoms with Crippen molar-refractivity contribution >= 4 is 7.92 Å². The van der Waals surface area contributed by atoms with Crippen molar-refractivity contribution in [1.29, 1.82) is 0 Å². The van der Waals surface area contributed by atoms with Gasteiger partial charge in [0.05, 0.1) is 12.7 Å². The van der Waals surface area contributed by atoms with E-state index in [2.05, 4.69) is 20.8 Å². The zero-order chi connectivity index (χ0) is 22.7. The first-order valence-electron chi connectivity index (χ1n) is 13.6. The average Bonchev–Trinajstić information content (AvgIpc) is 2.75. The normalized spacial score (nSPS) is 12.1. The maximum Gasteiger partial charge on any atom is 0.0742 e. The van der Waals surface area contributed by atoms with Crippen LogP contribution in [-0.4, -0.2) is 41.4 Å². The van der Waals surface area contributed by atoms with Gasteiger partial charge in [0, 0.05) is 0 Å². The van der Waals surface area contributed by atoms with Crippen LogP contribution in [0.2, 0.25) is 0 Å². The highest BCUT2D eigenvalue weighted by atomic mass is 31.1. The first-order valence-corrected chi connectivity index (χ1v) is 15.5. The molecule has 1 unspecified atom stereocenters. The summed E-state index contributed by atoms with van der Waals surface area (Å²) in [5.41, 5.74) is 0. The van der Waals surface area contributed by atoms with Gasteiger partial charge in [-0.2, -0.15) is 0 Å². The Morgan fingerprint density at radius 3 is 0.967 bits per heavy atom. The Labute approximate surface area is 192 Å². The van der Waals surface area contributed by atoms with E-state index in [-0.39, 0.29) is 6.61 Å². The minimum Gasteiger partial charge on any atom is -0.394 e. The van der Waals surface area contributed by atoms with Gasteiger partial charge in [0.2, 0.25) is 0 Å². The van der Waals surface area contributed by atoms with E-state index < -0.39 is 6.10 Å². The van der Waals surface area contributed by atoms with Crippen molar-refractivity contribution in [2.45, 2.75) is 149 Å². The summed E-state index contributed by atoms with van der Waals surface area (Å²) < 4.78 is 0. The number of aliphatic hydroxyl groups is 2. The highest BCUT2D eigenvalue weighted by Gasteiger charge is 2.07. The molecule has 184 valence electrons. The number of rotatable bonds is 22. The lowest BCUT2D eigenvalue weighted by atomic mass is 10.1. The Bertz CT molecular complexity index is 246. The number of unbranched alkanes of at least 4 members (excludes halogenated alkanes) is 15. The molecule has 0 aromatic rings. The van der Waals surface area contributed by atoms with Gasteiger partial charge in [-0.25, -0.2) is 0 Å². The molecule has 0 saturated carbocycles. The summed E-state index contributed by atoms with van der Waals surface area (Å²) in [6.07, 6.45) is 30.7. The minimum absolute atomic E-state index is 0.139. The number of hydrogen-bond acceptors (Lipinski definition) is 2. The molecule has 0 heterocycles. The molecule has 0 spiro atoms. The van der Waals surface area contributed by atoms with Gasteiger partial charge in [-0.05, 0) is 44.7 Å². The average molecular weight is 447 g/mol. The fourth-order valence-corrected chi connectivity index (χ4v) is 6.37. The zero-order valence-corrected chi connectivity index (χ0v) is 22.4. The van der Waals surface area contributed by atoms with Crippen LogP contribution in [0.4, 0.5) is 0 Å². The lowest BCUT2D eigenvalue weighted by Gasteiger charge is -2.18. The lowest BCUT2D eigenvalue weighted by molar-refractivity contribution is 0.110. The van der Waals surface area contributed by atoms with Gasteiger partial charge < -0.3 is 10.2 Å². The van der Waals surface area contributed by atoms with Crippen LogP contribution in [0.1, 0.15) is 143 Å². The third-order valence-electron chi connectivity index (χ3n) is 5.75. The van der Waals surface area contributed by atoms with Crippen LogP contribution in [0.5, 0.6) is 0 Å². The molecule has 0 amide bonds. The summed E-state index contributed by atoms with van der Waals surface area (Å²) in [4.78, 5) is 0. The van der Waals surface area contributed by atoms with E-state index in [1.165, 1.54) is 122 Å². The topological polar surface area (TPSA) is 40.5 Å². The standard InChI is InChI=1S/C24H51P.C3H8O2/c1-4-7-10-13-16-19-22-25(23-20-17-14-11-8-5-2)24-21-18-15-12-9-6-3;1-3(5)2-4/h4-24H2,1-3H3;3-5H,2H2,1H3. The Balaban J connectivity index is 0. The van der Waals surface area contributed by atoms with E-state index >= 15 is 0 Å². The van der Waals surface area contributed by atoms with Crippen LogP contribution in [0.3, 0.4) is 0 Å². The smallest absolute Gasteiger partial charge is 0.0742 e. The second kappa shape index (κ2) is 29.4. The van der Waals surface area contributed by atoms with Crippen molar-refractivity contribution in [3.05, 3.63) is 0 Å². The quantitative estimate of drug-likeness (QED) is 0.129. The molecular weight excluding hydrogens is 387 g/mol. The van der Waals surface area contributed by atoms with Crippen LogP contribution < -0.4 is 0 Å². The molecule has 0 bridgehead atoms. The second-order valence-electron chi connectivity index (χ2n) is 9.18. The molecule has 1 atom stereocenters. The van der Waals surface area contributed by atoms with E-state index in [1.807, 2.05) is 0 Å². The highest BCUT2D eigenvalue weighted by Crippen LogP contribution is 2.39. The molecule has 3 heteroatoms. The molecule has 0 aromatic carbocycles. The van der Waals surface area contributed by atoms with Crippen LogP contribution in [0.25, 0.3) is 0 Å². The zero-order valence-electron chi connectivity index (χ0n) is 21.5. The third kappa shape index (κ3) is 30.5. The van der Waals surface area contributed by atoms with Crippen LogP contribution in [0, 0.1) is 0 Å². The fraction of sp³-hybridized carbons (Fsp3) is 1.00. The first-order chi connectivity index (χ1) is 14.6. The van der Waals surface area contributed by atoms with Crippen molar-refractivity contribution in [1.82, 2.24) is 0 Å². The van der Waals surface area contributed by atoms with Gasteiger partial charge in [-0.15, -0.1) is 7.92 Å². The predicted octanol–water partition coefficient (Wildman–Crippen LogP) is 8.91. The molecule has 0 radical (unpaired) electrons. The van der Waals surface area contributed by atoms with Crippen molar-refractivity contribution in [2.24, 2.45) is 0 Å². The Kier molecular flexibility index (Phi) is 31.8. The summed E-state index contributed by atoms with van der Waals surface area (Å²) >= 11 is 0.